The third-order valence-electron chi connectivity index (χ3n) is 19.7. The summed E-state index contributed by atoms with van der Waals surface area (Å²) in [5, 5.41) is 103. The molecule has 0 spiro atoms. The average molecular weight is 1420 g/mol. The number of ether oxygens (including phenoxy) is 4. The van der Waals surface area contributed by atoms with Gasteiger partial charge in [-0.05, 0) is 66.5 Å². The number of carboxylic acids is 1. The lowest BCUT2D eigenvalue weighted by Crippen LogP contribution is -2.54. The molecule has 558 valence electrons. The van der Waals surface area contributed by atoms with Gasteiger partial charge in [0.1, 0.15) is 34.6 Å². The molecular weight excluding hydrogens is 1310 g/mol. The van der Waals surface area contributed by atoms with E-state index in [1.165, 1.54) is 64.0 Å². The van der Waals surface area contributed by atoms with Crippen molar-refractivity contribution in [2.75, 3.05) is 95.7 Å². The first-order valence-electron chi connectivity index (χ1n) is 34.6. The molecule has 5 bridgehead atoms. The highest BCUT2D eigenvalue weighted by Crippen LogP contribution is 2.55. The zero-order valence-corrected chi connectivity index (χ0v) is 60.3. The number of benzene rings is 3. The van der Waals surface area contributed by atoms with Crippen molar-refractivity contribution in [3.05, 3.63) is 86.4 Å². The number of hydrogen-bond donors (Lipinski definition) is 13. The summed E-state index contributed by atoms with van der Waals surface area (Å²) in [6.07, 6.45) is 9.34. The second kappa shape index (κ2) is 34.8. The van der Waals surface area contributed by atoms with Crippen LogP contribution in [0.3, 0.4) is 0 Å². The van der Waals surface area contributed by atoms with Crippen LogP contribution in [0.1, 0.15) is 140 Å². The zero-order valence-electron chi connectivity index (χ0n) is 60.3. The highest BCUT2D eigenvalue weighted by Gasteiger charge is 2.50. The minimum atomic E-state index is -2.04. The second-order valence-electron chi connectivity index (χ2n) is 27.4. The number of amides is 1. The summed E-state index contributed by atoms with van der Waals surface area (Å²) in [6, 6.07) is 0.297. The number of carboxylic acid groups (broad SMARTS) is 1. The average Bonchev–Trinajstić information content (AvgIpc) is 1.65. The fourth-order valence-corrected chi connectivity index (χ4v) is 13.3. The lowest BCUT2D eigenvalue weighted by molar-refractivity contribution is -0.160. The first-order valence-corrected chi connectivity index (χ1v) is 34.6. The number of aliphatic hydroxyl groups is 4. The van der Waals surface area contributed by atoms with Crippen molar-refractivity contribution in [1.82, 2.24) is 30.4 Å². The number of Topliss-reactive ketones (excluding diaryl/α,β-unsaturated/α-hetero) is 1. The molecule has 1 aromatic heterocycles. The van der Waals surface area contributed by atoms with Crippen molar-refractivity contribution in [3.8, 4) is 23.0 Å². The standard InChI is InChI=1S/C43H58N4O12.C19H22F2N4O3.C10H24N2O2/c1-21-12-11-13-22(2)42(55)45-33-28(20-44-47-17-15-46(9)16-18-47)37(52)30-31(38(33)53)36(51)26(6)40-32(30)41(54)43(8,59-40)57-19-14-29(56-10)23(3)39(58-27(7)48)25(5)35(50)24(4)34(21)49;1-8-5-24(6-9(2)23-8)17-13(20)15(22)12-16(14(17)21)25(10-3-4-10)7-11(18(12)26)19(27)28;1-3-9(7-13)11-5-6-12-10(4-2)8-14/h11-14,19-21,23-25,29,34-35,39,49-53H,15-18H2,1-10H3,(H,45,55);7-10,23H,3-6,22H2,1-2H3,(H,27,28);9-14H,3-8H2,1-2H3/b12-11+,19-14+,22-13-,44-20-;;/t21-,23+,24+,25+,29-,34-,35+,39+,43-;8-,9+;9-,10-/m0.0/s1. The van der Waals surface area contributed by atoms with Crippen molar-refractivity contribution in [2.24, 2.45) is 28.8 Å². The number of esters is 1. The molecule has 5 aliphatic heterocycles. The molecular formula is C72H104F2N10O17. The maximum Gasteiger partial charge on any atom is 0.341 e. The number of aliphatic hydroxyl groups excluding tert-OH is 4. The van der Waals surface area contributed by atoms with Crippen LogP contribution in [0, 0.1) is 42.2 Å². The molecule has 1 saturated carbocycles. The molecule has 1 amide bonds. The molecule has 6 heterocycles. The zero-order chi connectivity index (χ0) is 74.8. The van der Waals surface area contributed by atoms with Gasteiger partial charge in [-0.2, -0.15) is 5.10 Å². The van der Waals surface area contributed by atoms with Crippen molar-refractivity contribution in [2.45, 2.75) is 169 Å². The Labute approximate surface area is 587 Å². The number of nitrogens with one attached hydrogen (secondary N) is 4. The lowest BCUT2D eigenvalue weighted by atomic mass is 9.78. The van der Waals surface area contributed by atoms with Crippen LogP contribution >= 0.6 is 0 Å². The van der Waals surface area contributed by atoms with Gasteiger partial charge in [-0.15, -0.1) is 0 Å². The summed E-state index contributed by atoms with van der Waals surface area (Å²) in [6.45, 7) is 25.8. The van der Waals surface area contributed by atoms with Gasteiger partial charge in [-0.1, -0.05) is 59.8 Å². The molecule has 3 fully saturated rings. The quantitative estimate of drug-likeness (QED) is 0.0150. The molecule has 1 aliphatic carbocycles. The fourth-order valence-electron chi connectivity index (χ4n) is 13.3. The summed E-state index contributed by atoms with van der Waals surface area (Å²) < 4.78 is 55.8. The maximum atomic E-state index is 15.6. The van der Waals surface area contributed by atoms with Gasteiger partial charge in [0.25, 0.3) is 11.7 Å². The third-order valence-corrected chi connectivity index (χ3v) is 19.7. The number of ketones is 1. The minimum absolute atomic E-state index is 0.0134. The van der Waals surface area contributed by atoms with Crippen LogP contribution in [0.4, 0.5) is 25.8 Å². The monoisotopic (exact) mass is 1420 g/mol. The topological polar surface area (TPSA) is 385 Å². The molecule has 0 radical (unpaired) electrons. The number of anilines is 3. The van der Waals surface area contributed by atoms with Gasteiger partial charge in [0.15, 0.2) is 17.4 Å². The highest BCUT2D eigenvalue weighted by atomic mass is 19.1. The van der Waals surface area contributed by atoms with Gasteiger partial charge < -0.3 is 101 Å². The molecule has 29 heteroatoms. The number of allylic oxidation sites excluding steroid dienone is 2. The lowest BCUT2D eigenvalue weighted by Gasteiger charge is -2.38. The van der Waals surface area contributed by atoms with E-state index in [2.05, 4.69) is 31.3 Å². The van der Waals surface area contributed by atoms with Crippen LogP contribution in [-0.2, 0) is 23.8 Å². The Bertz CT molecular complexity index is 3810. The van der Waals surface area contributed by atoms with Crippen molar-refractivity contribution >= 4 is 68.6 Å². The van der Waals surface area contributed by atoms with E-state index in [0.29, 0.717) is 26.2 Å². The van der Waals surface area contributed by atoms with Crippen LogP contribution in [0.5, 0.6) is 23.0 Å². The molecule has 10 rings (SSSR count). The summed E-state index contributed by atoms with van der Waals surface area (Å²) >= 11 is 0. The predicted octanol–water partition coefficient (Wildman–Crippen LogP) is 6.12. The smallest absolute Gasteiger partial charge is 0.341 e. The number of carbonyl (C=O) groups excluding carboxylic acids is 3. The number of carbonyl (C=O) groups is 4. The van der Waals surface area contributed by atoms with Crippen LogP contribution in [0.2, 0.25) is 0 Å². The Morgan fingerprint density at radius 3 is 2.00 bits per heavy atom. The number of pyridine rings is 1. The number of phenols is 3. The number of nitrogens with two attached hydrogens (primary N) is 1. The van der Waals surface area contributed by atoms with Gasteiger partial charge in [0, 0.05) is 150 Å². The number of piperazine rings is 2. The maximum absolute atomic E-state index is 15.6. The first-order chi connectivity index (χ1) is 47.7. The van der Waals surface area contributed by atoms with E-state index in [4.69, 9.17) is 34.9 Å². The summed E-state index contributed by atoms with van der Waals surface area (Å²) in [4.78, 5) is 68.3. The number of methoxy groups -OCH3 is 1. The Hall–Kier alpha value is -8.00. The summed E-state index contributed by atoms with van der Waals surface area (Å²) in [5.74, 6) is -11.7. The highest BCUT2D eigenvalue weighted by molar-refractivity contribution is 6.24. The van der Waals surface area contributed by atoms with E-state index in [1.807, 2.05) is 34.7 Å². The van der Waals surface area contributed by atoms with Crippen LogP contribution in [0.25, 0.3) is 21.7 Å². The number of halogens is 2. The number of hydrogen-bond acceptors (Lipinski definition) is 24. The number of nitrogens with zero attached hydrogens (tertiary/aromatic N) is 5. The van der Waals surface area contributed by atoms with E-state index >= 15 is 8.78 Å². The molecule has 2 saturated heterocycles. The Morgan fingerprint density at radius 2 is 1.46 bits per heavy atom. The SMILES string of the molecule is CC[C@@H](CO)NCCN[C@@H](CC)CO.CO[C@H]1/C=C/O[C@@]2(C)Oc3c(C)c(O)c4c(O)c(c(/C=N\N5CCN(C)CC5)c(O)c4c3C2=O)NC(=O)/C(C)=C\C=C\[C@H](C)[C@H](O)[C@@H](C)[C@@H](O)[C@@H](C)[C@H](OC(C)=O)[C@@H]1C.C[C@@H]1CN(c2c(F)c(N)c3c(=O)c(C(=O)O)cn(C4CC4)c3c2F)C[C@H](C)N1. The normalized spacial score (nSPS) is 27.1. The molecule has 4 aromatic rings. The number of likely N-dealkylation sites (N-methyl/N-ethyl adjacent to an activating group) is 1. The Balaban J connectivity index is 0.000000277. The molecule has 101 heavy (non-hydrogen) atoms. The molecule has 14 N–H and O–H groups in total. The van der Waals surface area contributed by atoms with E-state index < -0.39 is 128 Å². The summed E-state index contributed by atoms with van der Waals surface area (Å²) in [5.41, 5.74) is 3.19. The Morgan fingerprint density at radius 1 is 0.851 bits per heavy atom. The molecule has 6 aliphatic rings. The number of hydrazone groups is 1. The molecule has 13 atom stereocenters. The van der Waals surface area contributed by atoms with E-state index in [9.17, 15) is 54.6 Å². The van der Waals surface area contributed by atoms with Gasteiger partial charge in [-0.3, -0.25) is 24.2 Å². The first kappa shape index (κ1) is 80.3. The van der Waals surface area contributed by atoms with Gasteiger partial charge in [-0.25, -0.2) is 13.6 Å². The number of fused-ring (bicyclic) bond motifs is 15. The predicted molar refractivity (Wildman–Crippen MR) is 381 cm³/mol. The number of rotatable bonds is 16. The van der Waals surface area contributed by atoms with Crippen LogP contribution in [-0.4, -0.2) is 219 Å². The number of phenolic OH excluding ortho intramolecular Hbond substituents is 3. The van der Waals surface area contributed by atoms with Crippen LogP contribution < -0.4 is 42.1 Å². The third kappa shape index (κ3) is 18.1. The van der Waals surface area contributed by atoms with Crippen molar-refractivity contribution in [1.29, 1.82) is 0 Å². The van der Waals surface area contributed by atoms with Crippen molar-refractivity contribution in [3.63, 3.8) is 0 Å². The van der Waals surface area contributed by atoms with E-state index in [0.717, 1.165) is 58.1 Å². The number of aromatic nitrogens is 1. The fraction of sp³-hybridized carbons (Fsp3) is 0.583. The minimum Gasteiger partial charge on any atom is -0.507 e. The van der Waals surface area contributed by atoms with Crippen LogP contribution in [0.15, 0.2) is 52.2 Å². The number of nitrogen functional groups attached to an aromatic ring is 1. The van der Waals surface area contributed by atoms with E-state index in [-0.39, 0.29) is 99.1 Å². The number of aromatic hydroxyl groups is 3. The van der Waals surface area contributed by atoms with Gasteiger partial charge >= 0.3 is 17.7 Å². The van der Waals surface area contributed by atoms with Gasteiger partial charge in [0.2, 0.25) is 5.43 Å². The summed E-state index contributed by atoms with van der Waals surface area (Å²) in [7, 11) is 3.42. The van der Waals surface area contributed by atoms with Crippen molar-refractivity contribution < 1.29 is 87.8 Å². The largest absolute Gasteiger partial charge is 0.507 e. The molecule has 0 unspecified atom stereocenters. The molecule has 27 nitrogen and oxygen atoms in total. The van der Waals surface area contributed by atoms with Gasteiger partial charge in [0.05, 0.1) is 82.8 Å². The van der Waals surface area contributed by atoms with E-state index in [1.54, 1.807) is 49.8 Å². The second-order valence-corrected chi connectivity index (χ2v) is 27.4. The Kier molecular flexibility index (Phi) is 27.7. The number of aromatic carboxylic acids is 1. The molecule has 3 aromatic carbocycles.